The third kappa shape index (κ3) is 6.40. The van der Waals surface area contributed by atoms with Crippen LogP contribution in [0.25, 0.3) is 0 Å². The highest BCUT2D eigenvalue weighted by atomic mass is 16.5. The summed E-state index contributed by atoms with van der Waals surface area (Å²) in [6.45, 7) is 1.24. The molecule has 0 spiro atoms. The van der Waals surface area contributed by atoms with Gasteiger partial charge >= 0.3 is 0 Å². The van der Waals surface area contributed by atoms with Crippen LogP contribution in [0.3, 0.4) is 0 Å². The summed E-state index contributed by atoms with van der Waals surface area (Å²) in [5.74, 6) is 1.46. The number of benzene rings is 2. The van der Waals surface area contributed by atoms with Gasteiger partial charge in [-0.15, -0.1) is 0 Å². The summed E-state index contributed by atoms with van der Waals surface area (Å²) >= 11 is 0. The Kier molecular flexibility index (Phi) is 6.44. The SMILES string of the molecule is CN(C)CC(=O)Nc1cccc(OCCOc2ccccc2)c1. The molecule has 2 aromatic carbocycles. The first kappa shape index (κ1) is 16.8. The minimum atomic E-state index is -0.0560. The number of ether oxygens (including phenoxy) is 2. The number of rotatable bonds is 8. The summed E-state index contributed by atoms with van der Waals surface area (Å²) in [5.41, 5.74) is 0.721. The van der Waals surface area contributed by atoms with Gasteiger partial charge in [-0.2, -0.15) is 0 Å². The van der Waals surface area contributed by atoms with Crippen LogP contribution in [0.4, 0.5) is 5.69 Å². The topological polar surface area (TPSA) is 50.8 Å². The standard InChI is InChI=1S/C18H22N2O3/c1-20(2)14-18(21)19-15-7-6-10-17(13-15)23-12-11-22-16-8-4-3-5-9-16/h3-10,13H,11-12,14H2,1-2H3,(H,19,21). The Morgan fingerprint density at radius 1 is 0.957 bits per heavy atom. The molecule has 0 aromatic heterocycles. The molecule has 0 aliphatic rings. The zero-order valence-electron chi connectivity index (χ0n) is 13.5. The number of hydrogen-bond donors (Lipinski definition) is 1. The summed E-state index contributed by atoms with van der Waals surface area (Å²) in [4.78, 5) is 13.6. The van der Waals surface area contributed by atoms with Gasteiger partial charge in [0.05, 0.1) is 6.54 Å². The van der Waals surface area contributed by atoms with E-state index in [0.29, 0.717) is 25.5 Å². The van der Waals surface area contributed by atoms with Crippen LogP contribution in [0.1, 0.15) is 0 Å². The van der Waals surface area contributed by atoms with Crippen LogP contribution in [0, 0.1) is 0 Å². The monoisotopic (exact) mass is 314 g/mol. The van der Waals surface area contributed by atoms with E-state index in [1.807, 2.05) is 67.5 Å². The van der Waals surface area contributed by atoms with Gasteiger partial charge in [0.15, 0.2) is 0 Å². The first-order valence-electron chi connectivity index (χ1n) is 7.49. The zero-order chi connectivity index (χ0) is 16.5. The van der Waals surface area contributed by atoms with E-state index in [1.54, 1.807) is 6.07 Å². The van der Waals surface area contributed by atoms with Crippen molar-refractivity contribution >= 4 is 11.6 Å². The largest absolute Gasteiger partial charge is 0.490 e. The fourth-order valence-electron chi connectivity index (χ4n) is 1.99. The van der Waals surface area contributed by atoms with Crippen molar-refractivity contribution in [1.82, 2.24) is 4.90 Å². The van der Waals surface area contributed by atoms with E-state index in [-0.39, 0.29) is 5.91 Å². The fourth-order valence-corrected chi connectivity index (χ4v) is 1.99. The van der Waals surface area contributed by atoms with Crippen LogP contribution in [0.2, 0.25) is 0 Å². The van der Waals surface area contributed by atoms with E-state index in [0.717, 1.165) is 11.4 Å². The lowest BCUT2D eigenvalue weighted by molar-refractivity contribution is -0.116. The molecule has 0 heterocycles. The Balaban J connectivity index is 1.77. The smallest absolute Gasteiger partial charge is 0.238 e. The van der Waals surface area contributed by atoms with Crippen molar-refractivity contribution in [3.8, 4) is 11.5 Å². The molecule has 0 bridgehead atoms. The van der Waals surface area contributed by atoms with Gasteiger partial charge in [0, 0.05) is 11.8 Å². The van der Waals surface area contributed by atoms with Gasteiger partial charge in [0.25, 0.3) is 0 Å². The van der Waals surface area contributed by atoms with E-state index in [4.69, 9.17) is 9.47 Å². The normalized spacial score (nSPS) is 10.4. The van der Waals surface area contributed by atoms with E-state index in [1.165, 1.54) is 0 Å². The van der Waals surface area contributed by atoms with Gasteiger partial charge < -0.3 is 19.7 Å². The molecule has 1 N–H and O–H groups in total. The van der Waals surface area contributed by atoms with Crippen LogP contribution in [-0.4, -0.2) is 44.7 Å². The Labute approximate surface area is 136 Å². The highest BCUT2D eigenvalue weighted by Gasteiger charge is 2.04. The van der Waals surface area contributed by atoms with Crippen LogP contribution in [-0.2, 0) is 4.79 Å². The van der Waals surface area contributed by atoms with Gasteiger partial charge in [0.1, 0.15) is 24.7 Å². The number of carbonyl (C=O) groups is 1. The number of amides is 1. The maximum atomic E-state index is 11.7. The average molecular weight is 314 g/mol. The van der Waals surface area contributed by atoms with E-state index < -0.39 is 0 Å². The molecule has 5 nitrogen and oxygen atoms in total. The van der Waals surface area contributed by atoms with E-state index in [2.05, 4.69) is 5.32 Å². The Bertz CT molecular complexity index is 615. The zero-order valence-corrected chi connectivity index (χ0v) is 13.5. The second kappa shape index (κ2) is 8.80. The van der Waals surface area contributed by atoms with Crippen molar-refractivity contribution in [2.75, 3.05) is 39.2 Å². The summed E-state index contributed by atoms with van der Waals surface area (Å²) in [6, 6.07) is 16.9. The van der Waals surface area contributed by atoms with Gasteiger partial charge in [-0.25, -0.2) is 0 Å². The van der Waals surface area contributed by atoms with Crippen molar-refractivity contribution in [3.05, 3.63) is 54.6 Å². The molecule has 0 unspecified atom stereocenters. The van der Waals surface area contributed by atoms with Crippen molar-refractivity contribution < 1.29 is 14.3 Å². The molecular formula is C18H22N2O3. The maximum absolute atomic E-state index is 11.7. The first-order valence-corrected chi connectivity index (χ1v) is 7.49. The molecule has 122 valence electrons. The second-order valence-corrected chi connectivity index (χ2v) is 5.32. The fraction of sp³-hybridized carbons (Fsp3) is 0.278. The van der Waals surface area contributed by atoms with Crippen LogP contribution in [0.5, 0.6) is 11.5 Å². The molecule has 0 atom stereocenters. The molecule has 0 fully saturated rings. The molecule has 1 amide bonds. The minimum Gasteiger partial charge on any atom is -0.490 e. The van der Waals surface area contributed by atoms with Gasteiger partial charge in [-0.05, 0) is 38.4 Å². The first-order chi connectivity index (χ1) is 11.1. The lowest BCUT2D eigenvalue weighted by Gasteiger charge is -2.12. The second-order valence-electron chi connectivity index (χ2n) is 5.32. The number of carbonyl (C=O) groups excluding carboxylic acids is 1. The van der Waals surface area contributed by atoms with Crippen molar-refractivity contribution in [1.29, 1.82) is 0 Å². The molecule has 0 aliphatic carbocycles. The summed E-state index contributed by atoms with van der Waals surface area (Å²) in [6.07, 6.45) is 0. The molecule has 2 rings (SSSR count). The summed E-state index contributed by atoms with van der Waals surface area (Å²) < 4.78 is 11.2. The van der Waals surface area contributed by atoms with Crippen LogP contribution < -0.4 is 14.8 Å². The Morgan fingerprint density at radius 3 is 2.30 bits per heavy atom. The molecule has 23 heavy (non-hydrogen) atoms. The van der Waals surface area contributed by atoms with Crippen LogP contribution in [0.15, 0.2) is 54.6 Å². The quantitative estimate of drug-likeness (QED) is 0.761. The van der Waals surface area contributed by atoms with E-state index in [9.17, 15) is 4.79 Å². The minimum absolute atomic E-state index is 0.0560. The molecule has 0 saturated heterocycles. The third-order valence-corrected chi connectivity index (χ3v) is 2.94. The third-order valence-electron chi connectivity index (χ3n) is 2.94. The van der Waals surface area contributed by atoms with Crippen LogP contribution >= 0.6 is 0 Å². The number of hydrogen-bond acceptors (Lipinski definition) is 4. The lowest BCUT2D eigenvalue weighted by Crippen LogP contribution is -2.27. The highest BCUT2D eigenvalue weighted by Crippen LogP contribution is 2.17. The predicted molar refractivity (Wildman–Crippen MR) is 91.1 cm³/mol. The number of anilines is 1. The van der Waals surface area contributed by atoms with E-state index >= 15 is 0 Å². The van der Waals surface area contributed by atoms with Crippen molar-refractivity contribution in [2.24, 2.45) is 0 Å². The highest BCUT2D eigenvalue weighted by molar-refractivity contribution is 5.92. The molecule has 0 radical (unpaired) electrons. The number of nitrogens with one attached hydrogen (secondary N) is 1. The van der Waals surface area contributed by atoms with Gasteiger partial charge in [0.2, 0.25) is 5.91 Å². The lowest BCUT2D eigenvalue weighted by atomic mass is 10.3. The maximum Gasteiger partial charge on any atom is 0.238 e. The molecule has 2 aromatic rings. The molecule has 0 aliphatic heterocycles. The molecule has 5 heteroatoms. The Morgan fingerprint density at radius 2 is 1.61 bits per heavy atom. The van der Waals surface area contributed by atoms with Crippen molar-refractivity contribution in [2.45, 2.75) is 0 Å². The summed E-state index contributed by atoms with van der Waals surface area (Å²) in [7, 11) is 3.71. The summed E-state index contributed by atoms with van der Waals surface area (Å²) in [5, 5.41) is 2.84. The van der Waals surface area contributed by atoms with Gasteiger partial charge in [-0.3, -0.25) is 4.79 Å². The number of nitrogens with zero attached hydrogens (tertiary/aromatic N) is 1. The molecular weight excluding hydrogens is 292 g/mol. The van der Waals surface area contributed by atoms with Crippen molar-refractivity contribution in [3.63, 3.8) is 0 Å². The average Bonchev–Trinajstić information content (AvgIpc) is 2.52. The van der Waals surface area contributed by atoms with Gasteiger partial charge in [-0.1, -0.05) is 24.3 Å². The number of para-hydroxylation sites is 1. The molecule has 0 saturated carbocycles. The Hall–Kier alpha value is -2.53. The number of likely N-dealkylation sites (N-methyl/N-ethyl adjacent to an activating group) is 1. The predicted octanol–water partition coefficient (Wildman–Crippen LogP) is 2.64.